The van der Waals surface area contributed by atoms with Crippen molar-refractivity contribution >= 4 is 162 Å². The summed E-state index contributed by atoms with van der Waals surface area (Å²) in [7, 11) is 0. The van der Waals surface area contributed by atoms with Gasteiger partial charge in [0, 0.05) is 152 Å². The normalized spacial score (nSPS) is 11.9. The van der Waals surface area contributed by atoms with E-state index in [1.165, 1.54) is 162 Å². The topological polar surface area (TPSA) is 107 Å². The molecule has 13 heteroatoms. The Bertz CT molecular complexity index is 10300. The quantitative estimate of drug-likeness (QED) is 0.107. The number of hydrogen-bond donors (Lipinski definition) is 0. The number of benzene rings is 21. The third-order valence-electron chi connectivity index (χ3n) is 29.0. The number of thiophene rings is 1. The van der Waals surface area contributed by atoms with Crippen LogP contribution < -0.4 is 0 Å². The van der Waals surface area contributed by atoms with E-state index in [9.17, 15) is 0 Å². The Morgan fingerprint density at radius 2 is 0.297 bits per heavy atom. The monoisotopic (exact) mass is 1870 g/mol. The summed E-state index contributed by atoms with van der Waals surface area (Å²) in [5, 5.41) is 17.1. The standard InChI is InChI=1S/C69H42N6S.C63H40N6/c1-4-16-43(17-5-1)67-70-68(44-18-6-2-7-19-44)72-69(71-67)47-30-36-65-57(40-47)58-42-50(32-37-66(58)76-65)75-61-27-15-11-23-52(61)55-39-46(29-34-63(55)75)45-28-33-62-54(38-45)51-22-10-14-26-60(51)74(62)49-31-35-64-56(41-49)53-24-12-13-25-59(53)73(64)48-20-8-3-9-21-48;1-4-16-41(17-5-1)61-64-62(42-18-6-2-7-19-42)66-63(65-61)43-28-32-47(33-29-43)68-57-27-15-12-24-51(57)52-38-44(30-35-58(52)68)45-31-36-59-53(39-45)54-40-48(34-37-60(54)67(59)46-20-8-3-9-21-46)69-55-25-13-10-22-49(55)50-23-11-14-26-56(50)69/h1-42H;1-40H. The van der Waals surface area contributed by atoms with E-state index < -0.39 is 0 Å². The lowest BCUT2D eigenvalue weighted by molar-refractivity contribution is 1.07. The average Bonchev–Trinajstić information content (AvgIpc) is 1.57. The molecule has 0 aliphatic heterocycles. The molecule has 0 aliphatic carbocycles. The first-order chi connectivity index (χ1) is 71.9. The van der Waals surface area contributed by atoms with Crippen LogP contribution in [0.4, 0.5) is 0 Å². The van der Waals surface area contributed by atoms with Crippen molar-refractivity contribution in [2.24, 2.45) is 0 Å². The van der Waals surface area contributed by atoms with Crippen molar-refractivity contribution in [1.29, 1.82) is 0 Å². The van der Waals surface area contributed by atoms with Crippen molar-refractivity contribution in [2.45, 2.75) is 0 Å². The maximum absolute atomic E-state index is 5.07. The molecule has 0 unspecified atom stereocenters. The van der Waals surface area contributed by atoms with E-state index in [0.717, 1.165) is 78.5 Å². The summed E-state index contributed by atoms with van der Waals surface area (Å²) in [5.74, 6) is 3.87. The zero-order chi connectivity index (χ0) is 95.3. The Kier molecular flexibility index (Phi) is 19.3. The second-order valence-corrected chi connectivity index (χ2v) is 38.3. The molecule has 0 saturated carbocycles. The van der Waals surface area contributed by atoms with E-state index in [1.807, 2.05) is 108 Å². The van der Waals surface area contributed by atoms with Gasteiger partial charge in [-0.1, -0.05) is 291 Å². The Hall–Kier alpha value is -19.3. The predicted molar refractivity (Wildman–Crippen MR) is 602 cm³/mol. The fourth-order valence-electron chi connectivity index (χ4n) is 22.3. The van der Waals surface area contributed by atoms with Crippen molar-refractivity contribution in [3.63, 3.8) is 0 Å². The molecule has 21 aromatic carbocycles. The summed E-state index contributed by atoms with van der Waals surface area (Å²) in [4.78, 5) is 30.0. The molecule has 0 bridgehead atoms. The molecule has 0 atom stereocenters. The molecule has 0 aliphatic rings. The highest BCUT2D eigenvalue weighted by Crippen LogP contribution is 2.47. The fraction of sp³-hybridized carbons (Fsp3) is 0. The second-order valence-electron chi connectivity index (χ2n) is 37.2. The number of rotatable bonds is 14. The van der Waals surface area contributed by atoms with E-state index in [2.05, 4.69) is 428 Å². The highest BCUT2D eigenvalue weighted by atomic mass is 32.1. The predicted octanol–water partition coefficient (Wildman–Crippen LogP) is 34.0. The lowest BCUT2D eigenvalue weighted by Crippen LogP contribution is -2.00. The van der Waals surface area contributed by atoms with Crippen LogP contribution in [0.2, 0.25) is 0 Å². The van der Waals surface area contributed by atoms with Crippen molar-refractivity contribution in [2.75, 3.05) is 0 Å². The lowest BCUT2D eigenvalue weighted by Gasteiger charge is -2.11. The van der Waals surface area contributed by atoms with Gasteiger partial charge in [0.25, 0.3) is 0 Å². The molecule has 9 heterocycles. The van der Waals surface area contributed by atoms with Crippen molar-refractivity contribution < 1.29 is 0 Å². The van der Waals surface area contributed by atoms with Gasteiger partial charge >= 0.3 is 0 Å². The molecule has 12 nitrogen and oxygen atoms in total. The van der Waals surface area contributed by atoms with Crippen LogP contribution in [0.5, 0.6) is 0 Å². The minimum absolute atomic E-state index is 0.632. The summed E-state index contributed by atoms with van der Waals surface area (Å²) in [6.45, 7) is 0. The Morgan fingerprint density at radius 1 is 0.117 bits per heavy atom. The second kappa shape index (κ2) is 33.7. The molecule has 30 aromatic rings. The van der Waals surface area contributed by atoms with Gasteiger partial charge < -0.3 is 27.4 Å². The Labute approximate surface area is 835 Å². The van der Waals surface area contributed by atoms with Gasteiger partial charge in [0.2, 0.25) is 0 Å². The molecule has 0 radical (unpaired) electrons. The molecule has 0 amide bonds. The molecule has 145 heavy (non-hydrogen) atoms. The summed E-state index contributed by atoms with van der Waals surface area (Å²) in [6, 6.07) is 178. The highest BCUT2D eigenvalue weighted by Gasteiger charge is 2.26. The van der Waals surface area contributed by atoms with Crippen molar-refractivity contribution in [3.8, 4) is 125 Å². The molecule has 0 N–H and O–H groups in total. The maximum Gasteiger partial charge on any atom is 0.164 e. The Morgan fingerprint density at radius 3 is 0.621 bits per heavy atom. The van der Waals surface area contributed by atoms with Crippen LogP contribution in [0.1, 0.15) is 0 Å². The maximum atomic E-state index is 5.07. The Balaban J connectivity index is 0.000000138. The SMILES string of the molecule is c1ccc(-c2nc(-c3ccccc3)nc(-c3ccc(-n4c5ccccc5c5cc(-c6ccc7c(c6)c6cc(-n8c9ccccc9c9ccccc98)ccc6n7-c6ccccc6)ccc54)cc3)n2)cc1.c1ccc(-c2nc(-c3ccccc3)nc(-c3ccc4sc5ccc(-n6c7ccccc7c7cc(-c8ccc9c(c8)c8ccccc8n9-c8ccc9c(c8)c8ccccc8n9-c8ccccc8)ccc76)cc5c4c3)n2)cc1. The van der Waals surface area contributed by atoms with E-state index in [-0.39, 0.29) is 0 Å². The third-order valence-corrected chi connectivity index (χ3v) is 30.1. The molecule has 30 rings (SSSR count). The van der Waals surface area contributed by atoms with Crippen LogP contribution in [0, 0.1) is 0 Å². The van der Waals surface area contributed by atoms with Crippen LogP contribution in [-0.2, 0) is 0 Å². The van der Waals surface area contributed by atoms with Gasteiger partial charge in [-0.05, 0) is 229 Å². The summed E-state index contributed by atoms with van der Waals surface area (Å²) < 4.78 is 16.9. The minimum atomic E-state index is 0.632. The summed E-state index contributed by atoms with van der Waals surface area (Å²) in [5.41, 5.74) is 31.3. The largest absolute Gasteiger partial charge is 0.309 e. The number of fused-ring (bicyclic) bond motifs is 21. The average molecular weight is 1870 g/mol. The highest BCUT2D eigenvalue weighted by molar-refractivity contribution is 7.25. The number of hydrogen-bond acceptors (Lipinski definition) is 7. The molecular formula is C132H82N12S. The first-order valence-electron chi connectivity index (χ1n) is 49.0. The van der Waals surface area contributed by atoms with Gasteiger partial charge in [-0.3, -0.25) is 0 Å². The molecule has 9 aromatic heterocycles. The zero-order valence-corrected chi connectivity index (χ0v) is 78.9. The van der Waals surface area contributed by atoms with E-state index in [0.29, 0.717) is 34.9 Å². The van der Waals surface area contributed by atoms with Crippen molar-refractivity contribution in [3.05, 3.63) is 497 Å². The smallest absolute Gasteiger partial charge is 0.164 e. The van der Waals surface area contributed by atoms with Gasteiger partial charge in [0.1, 0.15) is 0 Å². The molecule has 0 fully saturated rings. The van der Waals surface area contributed by atoms with Gasteiger partial charge in [-0.25, -0.2) is 29.9 Å². The summed E-state index contributed by atoms with van der Waals surface area (Å²) >= 11 is 1.82. The number of aromatic nitrogens is 12. The molecule has 0 spiro atoms. The first-order valence-corrected chi connectivity index (χ1v) is 49.8. The first kappa shape index (κ1) is 82.7. The van der Waals surface area contributed by atoms with Crippen LogP contribution in [0.3, 0.4) is 0 Å². The van der Waals surface area contributed by atoms with Crippen LogP contribution >= 0.6 is 11.3 Å². The van der Waals surface area contributed by atoms with Gasteiger partial charge in [-0.2, -0.15) is 0 Å². The van der Waals surface area contributed by atoms with Gasteiger partial charge in [-0.15, -0.1) is 11.3 Å². The van der Waals surface area contributed by atoms with Crippen LogP contribution in [0.25, 0.3) is 276 Å². The lowest BCUT2D eigenvalue weighted by atomic mass is 10.0. The molecule has 676 valence electrons. The zero-order valence-electron chi connectivity index (χ0n) is 78.1. The molecular weight excluding hydrogens is 1790 g/mol. The van der Waals surface area contributed by atoms with E-state index >= 15 is 0 Å². The van der Waals surface area contributed by atoms with Crippen LogP contribution in [-0.4, -0.2) is 57.3 Å². The van der Waals surface area contributed by atoms with E-state index in [4.69, 9.17) is 29.9 Å². The number of nitrogens with zero attached hydrogens (tertiary/aromatic N) is 12. The van der Waals surface area contributed by atoms with Crippen LogP contribution in [0.15, 0.2) is 497 Å². The summed E-state index contributed by atoms with van der Waals surface area (Å²) in [6.07, 6.45) is 0. The van der Waals surface area contributed by atoms with Gasteiger partial charge in [0.05, 0.1) is 66.2 Å². The van der Waals surface area contributed by atoms with Gasteiger partial charge in [0.15, 0.2) is 34.9 Å². The van der Waals surface area contributed by atoms with Crippen molar-refractivity contribution in [1.82, 2.24) is 57.3 Å². The van der Waals surface area contributed by atoms with E-state index in [1.54, 1.807) is 0 Å². The molecule has 0 saturated heterocycles. The number of para-hydroxylation sites is 8. The minimum Gasteiger partial charge on any atom is -0.309 e. The fourth-order valence-corrected chi connectivity index (χ4v) is 23.4. The third kappa shape index (κ3) is 13.8.